The fraction of sp³-hybridized carbons (Fsp3) is 0.538. The molecule has 0 spiro atoms. The van der Waals surface area contributed by atoms with Crippen molar-refractivity contribution in [2.75, 3.05) is 13.2 Å². The highest BCUT2D eigenvalue weighted by atomic mass is 19.1. The topological polar surface area (TPSA) is 109 Å². The molecule has 2 aromatic rings. The summed E-state index contributed by atoms with van der Waals surface area (Å²) >= 11 is 0. The van der Waals surface area contributed by atoms with E-state index in [0.29, 0.717) is 23.7 Å². The number of Topliss-reactive ketones (excluding diaryl/α,β-unsaturated/α-hetero) is 1. The van der Waals surface area contributed by atoms with Gasteiger partial charge in [0.25, 0.3) is 6.02 Å². The van der Waals surface area contributed by atoms with Gasteiger partial charge in [-0.1, -0.05) is 19.9 Å². The average Bonchev–Trinajstić information content (AvgIpc) is 3.21. The number of aromatic nitrogens is 2. The zero-order valence-corrected chi connectivity index (χ0v) is 20.9. The minimum Gasteiger partial charge on any atom is -0.473 e. The third-order valence-electron chi connectivity index (χ3n) is 6.56. The highest BCUT2D eigenvalue weighted by molar-refractivity contribution is 5.95. The second-order valence-electron chi connectivity index (χ2n) is 10.0. The second-order valence-corrected chi connectivity index (χ2v) is 10.0. The number of fused-ring (bicyclic) bond motifs is 1. The van der Waals surface area contributed by atoms with E-state index in [1.54, 1.807) is 12.1 Å². The normalized spacial score (nSPS) is 26.2. The van der Waals surface area contributed by atoms with Crippen molar-refractivity contribution in [1.82, 2.24) is 9.97 Å². The number of nitrogens with two attached hydrogens (primary N) is 1. The average molecular weight is 503 g/mol. The molecule has 0 amide bonds. The number of carbonyl (C=O) groups is 1. The molecule has 2 N–H and O–H groups in total. The Hall–Kier alpha value is -3.14. The van der Waals surface area contributed by atoms with Crippen LogP contribution in [-0.2, 0) is 21.4 Å². The second kappa shape index (κ2) is 10.5. The Kier molecular flexibility index (Phi) is 7.54. The van der Waals surface area contributed by atoms with Gasteiger partial charge in [0.2, 0.25) is 5.88 Å². The summed E-state index contributed by atoms with van der Waals surface area (Å²) in [7, 11) is 0. The van der Waals surface area contributed by atoms with Gasteiger partial charge in [0.15, 0.2) is 5.78 Å². The summed E-state index contributed by atoms with van der Waals surface area (Å²) in [6.45, 7) is 7.62. The molecule has 1 aromatic heterocycles. The maximum absolute atomic E-state index is 15.3. The molecule has 194 valence electrons. The Morgan fingerprint density at radius 2 is 2.06 bits per heavy atom. The third kappa shape index (κ3) is 5.48. The van der Waals surface area contributed by atoms with Crippen molar-refractivity contribution < 1.29 is 27.8 Å². The standard InChI is InChI=1S/C26H32F2N4O4/c1-14(2)7-21-24-22(13-34-21)36-25(29)32-26(24,4)17-8-16(5-6-18(17)28)9-20(33)19-10-31-23(11-30-19)35-12-15(3)27/h5-6,8,10-11,14-15,21-22,24H,7,9,12-13H2,1-4H3,(H2,29,32)/t15-,21+,22-,24+,26-/m1/s1. The first kappa shape index (κ1) is 25.9. The number of amidine groups is 1. The number of alkyl halides is 1. The predicted molar refractivity (Wildman–Crippen MR) is 129 cm³/mol. The minimum atomic E-state index is -1.15. The predicted octanol–water partition coefficient (Wildman–Crippen LogP) is 3.77. The van der Waals surface area contributed by atoms with E-state index in [4.69, 9.17) is 19.9 Å². The Morgan fingerprint density at radius 1 is 1.28 bits per heavy atom. The lowest BCUT2D eigenvalue weighted by Crippen LogP contribution is -2.49. The van der Waals surface area contributed by atoms with Gasteiger partial charge in [-0.3, -0.25) is 4.79 Å². The molecular weight excluding hydrogens is 470 g/mol. The van der Waals surface area contributed by atoms with Gasteiger partial charge >= 0.3 is 0 Å². The van der Waals surface area contributed by atoms with Gasteiger partial charge < -0.3 is 19.9 Å². The van der Waals surface area contributed by atoms with Crippen molar-refractivity contribution >= 4 is 11.8 Å². The number of aliphatic imine (C=N–C) groups is 1. The van der Waals surface area contributed by atoms with Gasteiger partial charge in [-0.05, 0) is 43.9 Å². The summed E-state index contributed by atoms with van der Waals surface area (Å²) in [4.78, 5) is 25.5. The van der Waals surface area contributed by atoms with E-state index in [0.717, 1.165) is 6.42 Å². The van der Waals surface area contributed by atoms with Crippen molar-refractivity contribution in [1.29, 1.82) is 0 Å². The molecule has 10 heteroatoms. The largest absolute Gasteiger partial charge is 0.473 e. The van der Waals surface area contributed by atoms with E-state index in [-0.39, 0.29) is 54.5 Å². The summed E-state index contributed by atoms with van der Waals surface area (Å²) in [5.41, 5.74) is 6.03. The highest BCUT2D eigenvalue weighted by Crippen LogP contribution is 2.47. The molecule has 1 saturated heterocycles. The molecule has 2 aliphatic heterocycles. The van der Waals surface area contributed by atoms with Crippen LogP contribution in [0, 0.1) is 17.7 Å². The van der Waals surface area contributed by atoms with Crippen LogP contribution in [0.3, 0.4) is 0 Å². The van der Waals surface area contributed by atoms with E-state index in [1.807, 2.05) is 6.92 Å². The summed E-state index contributed by atoms with van der Waals surface area (Å²) in [5, 5.41) is 0. The van der Waals surface area contributed by atoms with Gasteiger partial charge in [0, 0.05) is 12.0 Å². The monoisotopic (exact) mass is 502 g/mol. The summed E-state index contributed by atoms with van der Waals surface area (Å²) in [6.07, 6.45) is 1.67. The maximum atomic E-state index is 15.3. The zero-order valence-electron chi connectivity index (χ0n) is 20.9. The van der Waals surface area contributed by atoms with Gasteiger partial charge in [0.1, 0.15) is 35.9 Å². The molecule has 1 fully saturated rings. The molecule has 4 rings (SSSR count). The van der Waals surface area contributed by atoms with Crippen molar-refractivity contribution in [2.45, 2.75) is 64.5 Å². The van der Waals surface area contributed by atoms with Crippen LogP contribution in [-0.4, -0.2) is 53.4 Å². The lowest BCUT2D eigenvalue weighted by Gasteiger charge is -2.41. The quantitative estimate of drug-likeness (QED) is 0.520. The highest BCUT2D eigenvalue weighted by Gasteiger charge is 2.54. The lowest BCUT2D eigenvalue weighted by molar-refractivity contribution is 0.0433. The molecule has 1 aromatic carbocycles. The zero-order chi connectivity index (χ0) is 26.0. The van der Waals surface area contributed by atoms with Crippen LogP contribution in [0.2, 0.25) is 0 Å². The van der Waals surface area contributed by atoms with E-state index in [9.17, 15) is 9.18 Å². The van der Waals surface area contributed by atoms with Crippen molar-refractivity contribution in [3.05, 3.63) is 53.2 Å². The van der Waals surface area contributed by atoms with E-state index in [2.05, 4.69) is 28.8 Å². The van der Waals surface area contributed by atoms with Crippen LogP contribution >= 0.6 is 0 Å². The SMILES string of the molecule is CC(C)C[C@@H]1OC[C@H]2OC(N)=N[C@](C)(c3cc(CC(=O)c4cnc(OC[C@@H](C)F)cn4)ccc3F)[C@@H]12. The van der Waals surface area contributed by atoms with Crippen molar-refractivity contribution in [3.63, 3.8) is 0 Å². The van der Waals surface area contributed by atoms with Gasteiger partial charge in [-0.2, -0.15) is 0 Å². The maximum Gasteiger partial charge on any atom is 0.283 e. The third-order valence-corrected chi connectivity index (χ3v) is 6.56. The molecule has 0 unspecified atom stereocenters. The molecule has 0 aliphatic carbocycles. The van der Waals surface area contributed by atoms with Gasteiger partial charge in [-0.15, -0.1) is 0 Å². The molecule has 0 bridgehead atoms. The van der Waals surface area contributed by atoms with Crippen molar-refractivity contribution in [3.8, 4) is 5.88 Å². The van der Waals surface area contributed by atoms with E-state index >= 15 is 4.39 Å². The minimum absolute atomic E-state index is 0.00633. The number of halogens is 2. The fourth-order valence-corrected chi connectivity index (χ4v) is 4.98. The Bertz CT molecular complexity index is 1130. The number of benzene rings is 1. The molecule has 2 aliphatic rings. The molecule has 5 atom stereocenters. The Balaban J connectivity index is 1.58. The number of ether oxygens (including phenoxy) is 3. The van der Waals surface area contributed by atoms with Crippen molar-refractivity contribution in [2.24, 2.45) is 22.6 Å². The summed E-state index contributed by atoms with van der Waals surface area (Å²) in [6, 6.07) is 4.56. The number of hydrogen-bond donors (Lipinski definition) is 1. The molecule has 8 nitrogen and oxygen atoms in total. The number of rotatable bonds is 9. The molecule has 0 radical (unpaired) electrons. The number of carbonyl (C=O) groups excluding carboxylic acids is 1. The van der Waals surface area contributed by atoms with E-state index in [1.165, 1.54) is 25.4 Å². The summed E-state index contributed by atoms with van der Waals surface area (Å²) < 4.78 is 45.2. The fourth-order valence-electron chi connectivity index (χ4n) is 4.98. The molecular formula is C26H32F2N4O4. The first-order chi connectivity index (χ1) is 17.1. The van der Waals surface area contributed by atoms with Gasteiger partial charge in [0.05, 0.1) is 31.0 Å². The molecule has 3 heterocycles. The lowest BCUT2D eigenvalue weighted by atomic mass is 9.72. The first-order valence-electron chi connectivity index (χ1n) is 12.1. The molecule has 36 heavy (non-hydrogen) atoms. The van der Waals surface area contributed by atoms with Crippen LogP contribution < -0.4 is 10.5 Å². The van der Waals surface area contributed by atoms with Crippen LogP contribution in [0.4, 0.5) is 8.78 Å². The summed E-state index contributed by atoms with van der Waals surface area (Å²) in [5.74, 6) is -0.478. The first-order valence-corrected chi connectivity index (χ1v) is 12.1. The van der Waals surface area contributed by atoms with Crippen LogP contribution in [0.25, 0.3) is 0 Å². The van der Waals surface area contributed by atoms with Crippen LogP contribution in [0.15, 0.2) is 35.6 Å². The van der Waals surface area contributed by atoms with Gasteiger partial charge in [-0.25, -0.2) is 23.7 Å². The smallest absolute Gasteiger partial charge is 0.283 e. The Morgan fingerprint density at radius 3 is 2.72 bits per heavy atom. The number of nitrogens with zero attached hydrogens (tertiary/aromatic N) is 3. The Labute approximate surface area is 209 Å². The van der Waals surface area contributed by atoms with E-state index < -0.39 is 17.5 Å². The molecule has 0 saturated carbocycles. The van der Waals surface area contributed by atoms with Crippen LogP contribution in [0.5, 0.6) is 5.88 Å². The van der Waals surface area contributed by atoms with Crippen LogP contribution in [0.1, 0.15) is 55.7 Å². The number of ketones is 1. The number of hydrogen-bond acceptors (Lipinski definition) is 8.